The molecule has 5 nitrogen and oxygen atoms in total. The molecule has 4 rings (SSSR count). The second-order valence-electron chi connectivity index (χ2n) is 9.80. The van der Waals surface area contributed by atoms with Crippen molar-refractivity contribution in [3.05, 3.63) is 101 Å². The van der Waals surface area contributed by atoms with Crippen molar-refractivity contribution in [3.63, 3.8) is 0 Å². The molecule has 37 heavy (non-hydrogen) atoms. The Bertz CT molecular complexity index is 1400. The Morgan fingerprint density at radius 2 is 1.73 bits per heavy atom. The molecule has 1 aromatic heterocycles. The molecule has 3 N–H and O–H groups in total. The Labute approximate surface area is 225 Å². The van der Waals surface area contributed by atoms with Gasteiger partial charge >= 0.3 is 5.97 Å². The summed E-state index contributed by atoms with van der Waals surface area (Å²) in [6, 6.07) is 25.6. The summed E-state index contributed by atoms with van der Waals surface area (Å²) in [6.45, 7) is 6.57. The van der Waals surface area contributed by atoms with Crippen molar-refractivity contribution in [2.45, 2.75) is 43.5 Å². The Morgan fingerprint density at radius 1 is 1.00 bits per heavy atom. The average molecular weight is 531 g/mol. The first-order chi connectivity index (χ1) is 17.7. The molecule has 0 spiro atoms. The number of amides is 1. The van der Waals surface area contributed by atoms with Crippen LogP contribution < -0.4 is 10.0 Å². The van der Waals surface area contributed by atoms with E-state index in [-0.39, 0.29) is 11.3 Å². The number of benzene rings is 3. The molecule has 190 valence electrons. The van der Waals surface area contributed by atoms with E-state index in [1.807, 2.05) is 54.6 Å². The number of hydrogen-bond acceptors (Lipinski definition) is 5. The summed E-state index contributed by atoms with van der Waals surface area (Å²) in [6.07, 6.45) is 3.25. The van der Waals surface area contributed by atoms with Gasteiger partial charge < -0.3 is 10.4 Å². The van der Waals surface area contributed by atoms with Gasteiger partial charge in [-0.3, -0.25) is 4.79 Å². The minimum Gasteiger partial charge on any atom is -0.478 e. The van der Waals surface area contributed by atoms with Crippen LogP contribution in [0.15, 0.2) is 89.8 Å². The topological polar surface area (TPSA) is 78.4 Å². The molecule has 1 amide bonds. The van der Waals surface area contributed by atoms with Crippen molar-refractivity contribution in [1.82, 2.24) is 4.72 Å². The zero-order chi connectivity index (χ0) is 26.4. The maximum atomic E-state index is 13.4. The first kappa shape index (κ1) is 26.7. The van der Waals surface area contributed by atoms with Gasteiger partial charge in [-0.25, -0.2) is 9.52 Å². The fourth-order valence-electron chi connectivity index (χ4n) is 3.81. The summed E-state index contributed by atoms with van der Waals surface area (Å²) in [4.78, 5) is 26.1. The Morgan fingerprint density at radius 3 is 2.41 bits per heavy atom. The second kappa shape index (κ2) is 11.8. The van der Waals surface area contributed by atoms with E-state index >= 15 is 0 Å². The molecule has 4 aromatic rings. The predicted molar refractivity (Wildman–Crippen MR) is 155 cm³/mol. The number of anilines is 1. The lowest BCUT2D eigenvalue weighted by molar-refractivity contribution is -0.131. The summed E-state index contributed by atoms with van der Waals surface area (Å²) in [5, 5.41) is 12.9. The van der Waals surface area contributed by atoms with Gasteiger partial charge in [0.05, 0.1) is 0 Å². The zero-order valence-electron chi connectivity index (χ0n) is 21.0. The third kappa shape index (κ3) is 7.55. The summed E-state index contributed by atoms with van der Waals surface area (Å²) in [7, 11) is 0. The number of carboxylic acid groups (broad SMARTS) is 1. The summed E-state index contributed by atoms with van der Waals surface area (Å²) in [5.74, 6) is -1.10. The van der Waals surface area contributed by atoms with Crippen molar-refractivity contribution in [3.8, 4) is 0 Å². The van der Waals surface area contributed by atoms with E-state index in [2.05, 4.69) is 55.1 Å². The van der Waals surface area contributed by atoms with Crippen LogP contribution in [0.5, 0.6) is 0 Å². The van der Waals surface area contributed by atoms with Crippen molar-refractivity contribution in [2.75, 3.05) is 5.32 Å². The number of nitrogens with one attached hydrogen (secondary N) is 2. The molecule has 0 radical (unpaired) electrons. The average Bonchev–Trinajstić information content (AvgIpc) is 3.28. The van der Waals surface area contributed by atoms with Gasteiger partial charge in [0.15, 0.2) is 0 Å². The van der Waals surface area contributed by atoms with Crippen LogP contribution in [-0.4, -0.2) is 23.0 Å². The number of carboxylic acids is 1. The van der Waals surface area contributed by atoms with E-state index in [1.165, 1.54) is 28.8 Å². The molecule has 3 aromatic carbocycles. The molecule has 0 fully saturated rings. The van der Waals surface area contributed by atoms with Crippen LogP contribution in [0.3, 0.4) is 0 Å². The SMILES string of the molecule is CC(C)(C)c1ccc(SNC(Cc2ccccc2)C(=O)Nc2ccc3sc(/C=C/C(=O)O)cc3c2)cc1. The van der Waals surface area contributed by atoms with E-state index in [4.69, 9.17) is 5.11 Å². The van der Waals surface area contributed by atoms with Crippen molar-refractivity contribution >= 4 is 57.0 Å². The molecule has 0 saturated heterocycles. The molecule has 1 atom stereocenters. The van der Waals surface area contributed by atoms with Gasteiger partial charge in [-0.05, 0) is 82.8 Å². The highest BCUT2D eigenvalue weighted by Crippen LogP contribution is 2.29. The third-order valence-electron chi connectivity index (χ3n) is 5.83. The Kier molecular flexibility index (Phi) is 8.48. The van der Waals surface area contributed by atoms with Gasteiger partial charge in [0.1, 0.15) is 6.04 Å². The van der Waals surface area contributed by atoms with Gasteiger partial charge in [0.25, 0.3) is 0 Å². The van der Waals surface area contributed by atoms with Gasteiger partial charge in [0.2, 0.25) is 5.91 Å². The minimum absolute atomic E-state index is 0.0865. The predicted octanol–water partition coefficient (Wildman–Crippen LogP) is 7.14. The number of aliphatic carboxylic acids is 1. The molecule has 1 heterocycles. The van der Waals surface area contributed by atoms with E-state index < -0.39 is 12.0 Å². The standard InChI is InChI=1S/C30H30N2O3S2/c1-30(2,3)22-9-12-24(13-10-22)37-32-26(17-20-7-5-4-6-8-20)29(35)31-23-11-15-27-21(18-23)19-25(36-27)14-16-28(33)34/h4-16,18-19,26,32H,17H2,1-3H3,(H,31,35)(H,33,34)/b16-14+. The van der Waals surface area contributed by atoms with Crippen LogP contribution in [0.25, 0.3) is 16.2 Å². The number of thiophene rings is 1. The first-order valence-electron chi connectivity index (χ1n) is 12.0. The monoisotopic (exact) mass is 530 g/mol. The van der Waals surface area contributed by atoms with Gasteiger partial charge in [-0.1, -0.05) is 63.2 Å². The minimum atomic E-state index is -0.981. The number of rotatable bonds is 9. The van der Waals surface area contributed by atoms with E-state index in [9.17, 15) is 9.59 Å². The van der Waals surface area contributed by atoms with Crippen LogP contribution >= 0.6 is 23.3 Å². The Hall–Kier alpha value is -3.39. The summed E-state index contributed by atoms with van der Waals surface area (Å²) in [5.41, 5.74) is 3.12. The first-order valence-corrected chi connectivity index (χ1v) is 13.6. The highest BCUT2D eigenvalue weighted by atomic mass is 32.2. The number of hydrogen-bond donors (Lipinski definition) is 3. The molecular formula is C30H30N2O3S2. The fraction of sp³-hybridized carbons (Fsp3) is 0.200. The van der Waals surface area contributed by atoms with E-state index in [0.29, 0.717) is 12.1 Å². The number of carbonyl (C=O) groups excluding carboxylic acids is 1. The molecule has 1 unspecified atom stereocenters. The van der Waals surface area contributed by atoms with Crippen molar-refractivity contribution in [2.24, 2.45) is 0 Å². The third-order valence-corrected chi connectivity index (χ3v) is 7.82. The van der Waals surface area contributed by atoms with Crippen LogP contribution in [0, 0.1) is 0 Å². The molecule has 0 bridgehead atoms. The molecule has 0 aliphatic heterocycles. The van der Waals surface area contributed by atoms with Crippen molar-refractivity contribution in [1.29, 1.82) is 0 Å². The molecule has 0 saturated carbocycles. The van der Waals surface area contributed by atoms with Crippen LogP contribution in [-0.2, 0) is 21.4 Å². The smallest absolute Gasteiger partial charge is 0.328 e. The van der Waals surface area contributed by atoms with Gasteiger partial charge in [-0.15, -0.1) is 11.3 Å². The molecule has 0 aliphatic rings. The summed E-state index contributed by atoms with van der Waals surface area (Å²) < 4.78 is 4.40. The van der Waals surface area contributed by atoms with Crippen molar-refractivity contribution < 1.29 is 14.7 Å². The van der Waals surface area contributed by atoms with Crippen LogP contribution in [0.4, 0.5) is 5.69 Å². The maximum Gasteiger partial charge on any atom is 0.328 e. The fourth-order valence-corrected chi connectivity index (χ4v) is 5.49. The second-order valence-corrected chi connectivity index (χ2v) is 11.8. The van der Waals surface area contributed by atoms with Crippen LogP contribution in [0.2, 0.25) is 0 Å². The van der Waals surface area contributed by atoms with Gasteiger partial charge in [0, 0.05) is 26.2 Å². The highest BCUT2D eigenvalue weighted by Gasteiger charge is 2.20. The zero-order valence-corrected chi connectivity index (χ0v) is 22.7. The largest absolute Gasteiger partial charge is 0.478 e. The molecule has 0 aliphatic carbocycles. The normalized spacial score (nSPS) is 12.6. The molecular weight excluding hydrogens is 500 g/mol. The number of carbonyl (C=O) groups is 2. The highest BCUT2D eigenvalue weighted by molar-refractivity contribution is 7.97. The van der Waals surface area contributed by atoms with E-state index in [0.717, 1.165) is 31.5 Å². The maximum absolute atomic E-state index is 13.4. The lowest BCUT2D eigenvalue weighted by atomic mass is 9.87. The van der Waals surface area contributed by atoms with E-state index in [1.54, 1.807) is 6.08 Å². The number of fused-ring (bicyclic) bond motifs is 1. The molecule has 7 heteroatoms. The lowest BCUT2D eigenvalue weighted by Gasteiger charge is -2.20. The lowest BCUT2D eigenvalue weighted by Crippen LogP contribution is -2.38. The quantitative estimate of drug-likeness (QED) is 0.158. The Balaban J connectivity index is 1.49. The van der Waals surface area contributed by atoms with Gasteiger partial charge in [-0.2, -0.15) is 0 Å². The summed E-state index contributed by atoms with van der Waals surface area (Å²) >= 11 is 2.96. The van der Waals surface area contributed by atoms with Crippen LogP contribution in [0.1, 0.15) is 36.8 Å².